The zero-order valence-corrected chi connectivity index (χ0v) is 31.4. The number of fused-ring (bicyclic) bond motifs is 9. The molecular formula is C43H52N4O5. The van der Waals surface area contributed by atoms with Gasteiger partial charge in [-0.05, 0) is 93.6 Å². The van der Waals surface area contributed by atoms with Gasteiger partial charge in [0.15, 0.2) is 0 Å². The predicted octanol–water partition coefficient (Wildman–Crippen LogP) is 6.25. The van der Waals surface area contributed by atoms with Crippen molar-refractivity contribution in [1.29, 1.82) is 0 Å². The summed E-state index contributed by atoms with van der Waals surface area (Å²) in [5.74, 6) is 1.04. The van der Waals surface area contributed by atoms with E-state index >= 15 is 0 Å². The van der Waals surface area contributed by atoms with Crippen molar-refractivity contribution in [2.75, 3.05) is 41.5 Å². The van der Waals surface area contributed by atoms with Crippen LogP contribution in [0.15, 0.2) is 48.0 Å². The van der Waals surface area contributed by atoms with Gasteiger partial charge >= 0.3 is 11.9 Å². The number of carbonyl (C=O) groups excluding carboxylic acids is 2. The molecule has 2 aromatic carbocycles. The Morgan fingerprint density at radius 2 is 1.88 bits per heavy atom. The molecule has 274 valence electrons. The van der Waals surface area contributed by atoms with Crippen LogP contribution in [-0.4, -0.2) is 79.9 Å². The minimum Gasteiger partial charge on any atom is -0.496 e. The monoisotopic (exact) mass is 704 g/mol. The fourth-order valence-corrected chi connectivity index (χ4v) is 12.0. The lowest BCUT2D eigenvalue weighted by Crippen LogP contribution is -2.63. The molecule has 2 aromatic heterocycles. The highest BCUT2D eigenvalue weighted by atomic mass is 16.5. The number of hydrogen-bond donors (Lipinski definition) is 2. The predicted molar refractivity (Wildman–Crippen MR) is 202 cm³/mol. The van der Waals surface area contributed by atoms with E-state index in [-0.39, 0.29) is 41.8 Å². The van der Waals surface area contributed by atoms with Gasteiger partial charge in [0.25, 0.3) is 0 Å². The number of aromatic amines is 1. The van der Waals surface area contributed by atoms with Crippen LogP contribution < -0.4 is 10.1 Å². The van der Waals surface area contributed by atoms with E-state index in [1.165, 1.54) is 40.3 Å². The summed E-state index contributed by atoms with van der Waals surface area (Å²) in [5.41, 5.74) is 8.81. The van der Waals surface area contributed by atoms with E-state index in [0.29, 0.717) is 11.8 Å². The number of nitrogens with one attached hydrogen (secondary N) is 2. The maximum atomic E-state index is 14.2. The van der Waals surface area contributed by atoms with Crippen molar-refractivity contribution in [3.8, 4) is 5.75 Å². The normalized spacial score (nSPS) is 31.8. The van der Waals surface area contributed by atoms with Gasteiger partial charge in [0.1, 0.15) is 11.2 Å². The maximum absolute atomic E-state index is 14.2. The summed E-state index contributed by atoms with van der Waals surface area (Å²) in [6.07, 6.45) is 7.50. The highest BCUT2D eigenvalue weighted by Crippen LogP contribution is 2.56. The number of likely N-dealkylation sites (tertiary alicyclic amines) is 1. The van der Waals surface area contributed by atoms with Gasteiger partial charge in [-0.2, -0.15) is 0 Å². The Balaban J connectivity index is 1.31. The number of carbonyl (C=O) groups is 2. The van der Waals surface area contributed by atoms with Crippen LogP contribution in [0.1, 0.15) is 73.5 Å². The maximum Gasteiger partial charge on any atom is 0.319 e. The Labute approximate surface area is 306 Å². The molecule has 0 radical (unpaired) electrons. The first-order chi connectivity index (χ1) is 25.3. The highest BCUT2D eigenvalue weighted by molar-refractivity contribution is 5.94. The molecule has 8 atom stereocenters. The van der Waals surface area contributed by atoms with Gasteiger partial charge in [-0.25, -0.2) is 0 Å². The molecule has 1 saturated heterocycles. The first kappa shape index (κ1) is 33.7. The molecule has 0 spiro atoms. The van der Waals surface area contributed by atoms with E-state index in [0.717, 1.165) is 86.2 Å². The van der Waals surface area contributed by atoms with Crippen LogP contribution in [0.2, 0.25) is 0 Å². The van der Waals surface area contributed by atoms with Crippen LogP contribution in [0, 0.1) is 23.7 Å². The third kappa shape index (κ3) is 4.60. The van der Waals surface area contributed by atoms with Crippen molar-refractivity contribution in [2.24, 2.45) is 23.7 Å². The second kappa shape index (κ2) is 12.5. The lowest BCUT2D eigenvalue weighted by molar-refractivity contribution is -0.154. The minimum atomic E-state index is -0.725. The van der Waals surface area contributed by atoms with E-state index in [1.807, 2.05) is 0 Å². The lowest BCUT2D eigenvalue weighted by Gasteiger charge is -2.52. The molecule has 9 rings (SSSR count). The molecule has 1 saturated carbocycles. The molecule has 2 aliphatic carbocycles. The summed E-state index contributed by atoms with van der Waals surface area (Å²) in [7, 11) is 7.00. The number of benzene rings is 2. The van der Waals surface area contributed by atoms with E-state index in [9.17, 15) is 9.59 Å². The molecule has 2 fully saturated rings. The number of aromatic nitrogens is 2. The molecule has 4 aromatic rings. The van der Waals surface area contributed by atoms with Gasteiger partial charge in [-0.1, -0.05) is 43.2 Å². The molecule has 4 bridgehead atoms. The van der Waals surface area contributed by atoms with Crippen molar-refractivity contribution in [3.63, 3.8) is 0 Å². The van der Waals surface area contributed by atoms with Crippen LogP contribution in [-0.2, 0) is 43.9 Å². The van der Waals surface area contributed by atoms with Crippen LogP contribution in [0.25, 0.3) is 21.8 Å². The number of ether oxygens (including phenoxy) is 3. The van der Waals surface area contributed by atoms with Gasteiger partial charge in [0.2, 0.25) is 0 Å². The Hall–Kier alpha value is -4.08. The fraction of sp³-hybridized carbons (Fsp3) is 0.535. The van der Waals surface area contributed by atoms with Crippen LogP contribution >= 0.6 is 0 Å². The van der Waals surface area contributed by atoms with Crippen molar-refractivity contribution >= 4 is 33.7 Å². The highest BCUT2D eigenvalue weighted by Gasteiger charge is 2.60. The number of methoxy groups -OCH3 is 3. The molecule has 3 aliphatic heterocycles. The van der Waals surface area contributed by atoms with Crippen LogP contribution in [0.5, 0.6) is 5.75 Å². The Kier molecular flexibility index (Phi) is 8.12. The summed E-state index contributed by atoms with van der Waals surface area (Å²) < 4.78 is 20.1. The Morgan fingerprint density at radius 1 is 1.06 bits per heavy atom. The molecule has 5 aliphatic rings. The van der Waals surface area contributed by atoms with Crippen molar-refractivity contribution in [2.45, 2.75) is 82.3 Å². The van der Waals surface area contributed by atoms with Crippen LogP contribution in [0.3, 0.4) is 0 Å². The first-order valence-electron chi connectivity index (χ1n) is 19.4. The van der Waals surface area contributed by atoms with Crippen molar-refractivity contribution in [1.82, 2.24) is 19.8 Å². The van der Waals surface area contributed by atoms with Crippen molar-refractivity contribution < 1.29 is 23.8 Å². The number of para-hydroxylation sites is 1. The molecule has 0 amide bonds. The van der Waals surface area contributed by atoms with Gasteiger partial charge in [0, 0.05) is 70.4 Å². The summed E-state index contributed by atoms with van der Waals surface area (Å²) in [4.78, 5) is 34.3. The number of esters is 2. The second-order valence-electron chi connectivity index (χ2n) is 16.2. The molecule has 9 heteroatoms. The number of piperidine rings is 1. The standard InChI is InChI=1S/C43H52N4O5/c1-7-24-15-23-20-43(42(49)52-6)39(24)44-14-13-27-29-17-30(36(50-4)19-34(29)47(21-23)40(27)43)31-16-28-25(8-2)22-46(3)35(37(28)41(48)51-5)18-32-26-11-9-10-12-33(26)45-38(31)32/h8-12,17,19,23-24,28,31,35,37,39,44-45H,7,13-16,18,20-22H2,1-6H3. The molecule has 5 heterocycles. The van der Waals surface area contributed by atoms with Gasteiger partial charge in [-0.15, -0.1) is 0 Å². The Bertz CT molecular complexity index is 2130. The summed E-state index contributed by atoms with van der Waals surface area (Å²) >= 11 is 0. The molecular weight excluding hydrogens is 652 g/mol. The molecule has 52 heavy (non-hydrogen) atoms. The SMILES string of the molecule is CC=C1CN(C)C2Cc3c([nH]c4ccccc34)C(c3cc4c5c6n(c4cc3OC)CC3CC(CC)C(NCC5)C6(C(=O)OC)C3)CC1C2C(=O)OC. The number of allylic oxidation sites excluding steroid dienone is 1. The average Bonchev–Trinajstić information content (AvgIpc) is 3.59. The average molecular weight is 705 g/mol. The third-order valence-corrected chi connectivity index (χ3v) is 14.1. The second-order valence-corrected chi connectivity index (χ2v) is 16.2. The summed E-state index contributed by atoms with van der Waals surface area (Å²) in [5, 5.41) is 6.30. The first-order valence-corrected chi connectivity index (χ1v) is 19.4. The summed E-state index contributed by atoms with van der Waals surface area (Å²) in [6, 6.07) is 13.3. The Morgan fingerprint density at radius 3 is 2.63 bits per heavy atom. The molecule has 8 unspecified atom stereocenters. The van der Waals surface area contributed by atoms with E-state index in [1.54, 1.807) is 14.2 Å². The molecule has 9 nitrogen and oxygen atoms in total. The van der Waals surface area contributed by atoms with Gasteiger partial charge in [-0.3, -0.25) is 14.5 Å². The van der Waals surface area contributed by atoms with E-state index in [4.69, 9.17) is 14.2 Å². The topological polar surface area (TPSA) is 97.8 Å². The zero-order chi connectivity index (χ0) is 36.1. The quantitative estimate of drug-likeness (QED) is 0.187. The number of H-pyrrole nitrogens is 1. The number of likely N-dealkylation sites (N-methyl/N-ethyl adjacent to an activating group) is 1. The molecule has 2 N–H and O–H groups in total. The van der Waals surface area contributed by atoms with Crippen LogP contribution in [0.4, 0.5) is 0 Å². The number of rotatable bonds is 5. The number of nitrogens with zero attached hydrogens (tertiary/aromatic N) is 2. The van der Waals surface area contributed by atoms with E-state index < -0.39 is 5.41 Å². The minimum absolute atomic E-state index is 0.00480. The number of hydrogen-bond acceptors (Lipinski definition) is 7. The van der Waals surface area contributed by atoms with Gasteiger partial charge in [0.05, 0.1) is 32.8 Å². The lowest BCUT2D eigenvalue weighted by atomic mass is 9.58. The van der Waals surface area contributed by atoms with Gasteiger partial charge < -0.3 is 29.1 Å². The summed E-state index contributed by atoms with van der Waals surface area (Å²) in [6.45, 7) is 6.90. The van der Waals surface area contributed by atoms with E-state index in [2.05, 4.69) is 83.1 Å². The fourth-order valence-electron chi connectivity index (χ4n) is 12.0. The zero-order valence-electron chi connectivity index (χ0n) is 31.4. The smallest absolute Gasteiger partial charge is 0.319 e. The third-order valence-electron chi connectivity index (χ3n) is 14.1. The largest absolute Gasteiger partial charge is 0.496 e. The van der Waals surface area contributed by atoms with Crippen molar-refractivity contribution in [3.05, 3.63) is 76.1 Å².